The van der Waals surface area contributed by atoms with E-state index in [2.05, 4.69) is 5.32 Å². The number of nitrogens with two attached hydrogens (primary N) is 1. The lowest BCUT2D eigenvalue weighted by atomic mass is 10.3. The Morgan fingerprint density at radius 2 is 2.40 bits per heavy atom. The van der Waals surface area contributed by atoms with E-state index in [0.29, 0.717) is 0 Å². The third kappa shape index (κ3) is 0.827. The molecule has 0 atom stereocenters. The summed E-state index contributed by atoms with van der Waals surface area (Å²) in [4.78, 5) is 1.26. The molecule has 0 amide bonds. The minimum Gasteiger partial charge on any atom is -0.399 e. The summed E-state index contributed by atoms with van der Waals surface area (Å²) in [6.07, 6.45) is 0. The van der Waals surface area contributed by atoms with E-state index in [1.807, 2.05) is 18.2 Å². The van der Waals surface area contributed by atoms with Crippen LogP contribution in [0.3, 0.4) is 0 Å². The molecule has 1 aliphatic heterocycles. The standard InChI is InChI=1S/C7H8N2S/c8-5-1-2-6-7(3-5)10-4-9-6/h1-3,9H,4,8H2. The van der Waals surface area contributed by atoms with Crippen LogP contribution in [-0.4, -0.2) is 5.88 Å². The van der Waals surface area contributed by atoms with Crippen molar-refractivity contribution in [2.75, 3.05) is 16.9 Å². The zero-order valence-corrected chi connectivity index (χ0v) is 6.24. The molecule has 2 rings (SSSR count). The third-order valence-electron chi connectivity index (χ3n) is 1.50. The number of nitrogens with one attached hydrogen (secondary N) is 1. The van der Waals surface area contributed by atoms with E-state index in [4.69, 9.17) is 5.73 Å². The van der Waals surface area contributed by atoms with Gasteiger partial charge < -0.3 is 11.1 Å². The van der Waals surface area contributed by atoms with Gasteiger partial charge in [-0.1, -0.05) is 0 Å². The zero-order valence-electron chi connectivity index (χ0n) is 5.42. The Kier molecular flexibility index (Phi) is 1.24. The molecule has 52 valence electrons. The summed E-state index contributed by atoms with van der Waals surface area (Å²) in [7, 11) is 0. The third-order valence-corrected chi connectivity index (χ3v) is 2.43. The minimum absolute atomic E-state index is 0.843. The van der Waals surface area contributed by atoms with Gasteiger partial charge in [0.25, 0.3) is 0 Å². The average molecular weight is 152 g/mol. The van der Waals surface area contributed by atoms with Crippen LogP contribution in [0.1, 0.15) is 0 Å². The van der Waals surface area contributed by atoms with Crippen molar-refractivity contribution >= 4 is 23.1 Å². The van der Waals surface area contributed by atoms with Crippen LogP contribution in [0.15, 0.2) is 23.1 Å². The molecule has 0 bridgehead atoms. The van der Waals surface area contributed by atoms with Gasteiger partial charge in [0.15, 0.2) is 0 Å². The quantitative estimate of drug-likeness (QED) is 0.556. The van der Waals surface area contributed by atoms with Gasteiger partial charge in [-0.15, -0.1) is 11.8 Å². The van der Waals surface area contributed by atoms with Crippen LogP contribution in [0.25, 0.3) is 0 Å². The SMILES string of the molecule is Nc1ccc2c(c1)SCN2. The molecule has 0 aromatic heterocycles. The fourth-order valence-corrected chi connectivity index (χ4v) is 1.89. The highest BCUT2D eigenvalue weighted by molar-refractivity contribution is 7.99. The van der Waals surface area contributed by atoms with Crippen molar-refractivity contribution in [2.24, 2.45) is 0 Å². The molecule has 1 aliphatic rings. The number of hydrogen-bond donors (Lipinski definition) is 2. The van der Waals surface area contributed by atoms with E-state index in [0.717, 1.165) is 11.6 Å². The molecular formula is C7H8N2S. The maximum Gasteiger partial charge on any atom is 0.0658 e. The molecule has 0 saturated heterocycles. The molecule has 0 unspecified atom stereocenters. The van der Waals surface area contributed by atoms with Gasteiger partial charge in [0, 0.05) is 16.3 Å². The van der Waals surface area contributed by atoms with Gasteiger partial charge in [-0.3, -0.25) is 0 Å². The number of thioether (sulfide) groups is 1. The predicted octanol–water partition coefficient (Wildman–Crippen LogP) is 1.74. The molecule has 0 saturated carbocycles. The van der Waals surface area contributed by atoms with Crippen molar-refractivity contribution < 1.29 is 0 Å². The van der Waals surface area contributed by atoms with E-state index in [1.54, 1.807) is 11.8 Å². The van der Waals surface area contributed by atoms with Gasteiger partial charge in [0.05, 0.1) is 5.88 Å². The highest BCUT2D eigenvalue weighted by Crippen LogP contribution is 2.34. The molecule has 0 aliphatic carbocycles. The van der Waals surface area contributed by atoms with E-state index in [-0.39, 0.29) is 0 Å². The number of anilines is 2. The molecule has 10 heavy (non-hydrogen) atoms. The van der Waals surface area contributed by atoms with Gasteiger partial charge in [-0.2, -0.15) is 0 Å². The van der Waals surface area contributed by atoms with Crippen LogP contribution in [-0.2, 0) is 0 Å². The summed E-state index contributed by atoms with van der Waals surface area (Å²) < 4.78 is 0. The molecule has 3 N–H and O–H groups in total. The van der Waals surface area contributed by atoms with Crippen LogP contribution in [0.4, 0.5) is 11.4 Å². The lowest BCUT2D eigenvalue weighted by Crippen LogP contribution is -1.88. The van der Waals surface area contributed by atoms with E-state index >= 15 is 0 Å². The average Bonchev–Trinajstić information content (AvgIpc) is 2.33. The van der Waals surface area contributed by atoms with Crippen molar-refractivity contribution in [2.45, 2.75) is 4.90 Å². The second-order valence-corrected chi connectivity index (χ2v) is 3.24. The molecule has 2 nitrogen and oxygen atoms in total. The Balaban J connectivity index is 2.52. The van der Waals surface area contributed by atoms with Crippen LogP contribution in [0.2, 0.25) is 0 Å². The molecular weight excluding hydrogens is 144 g/mol. The lowest BCUT2D eigenvalue weighted by Gasteiger charge is -1.97. The minimum atomic E-state index is 0.843. The summed E-state index contributed by atoms with van der Waals surface area (Å²) in [5.74, 6) is 0.971. The first kappa shape index (κ1) is 5.92. The highest BCUT2D eigenvalue weighted by atomic mass is 32.2. The first-order valence-corrected chi connectivity index (χ1v) is 4.11. The molecule has 0 fully saturated rings. The van der Waals surface area contributed by atoms with Gasteiger partial charge in [0.1, 0.15) is 0 Å². The van der Waals surface area contributed by atoms with Crippen molar-refractivity contribution in [1.29, 1.82) is 0 Å². The Hall–Kier alpha value is -0.830. The Bertz CT molecular complexity index is 260. The molecule has 1 aromatic rings. The van der Waals surface area contributed by atoms with Gasteiger partial charge in [0.2, 0.25) is 0 Å². The van der Waals surface area contributed by atoms with Crippen LogP contribution in [0, 0.1) is 0 Å². The zero-order chi connectivity index (χ0) is 6.97. The summed E-state index contributed by atoms with van der Waals surface area (Å²) in [6.45, 7) is 0. The second-order valence-electron chi connectivity index (χ2n) is 2.22. The van der Waals surface area contributed by atoms with Crippen molar-refractivity contribution in [3.05, 3.63) is 18.2 Å². The summed E-state index contributed by atoms with van der Waals surface area (Å²) in [6, 6.07) is 5.93. The van der Waals surface area contributed by atoms with Crippen molar-refractivity contribution in [3.8, 4) is 0 Å². The van der Waals surface area contributed by atoms with Crippen LogP contribution >= 0.6 is 11.8 Å². The largest absolute Gasteiger partial charge is 0.399 e. The summed E-state index contributed by atoms with van der Waals surface area (Å²) in [5.41, 5.74) is 7.64. The Labute approximate surface area is 63.8 Å². The predicted molar refractivity (Wildman–Crippen MR) is 45.2 cm³/mol. The molecule has 1 aromatic carbocycles. The fourth-order valence-electron chi connectivity index (χ4n) is 0.996. The molecule has 0 radical (unpaired) electrons. The van der Waals surface area contributed by atoms with E-state index < -0.39 is 0 Å². The van der Waals surface area contributed by atoms with Gasteiger partial charge >= 0.3 is 0 Å². The topological polar surface area (TPSA) is 38.0 Å². The number of nitrogen functional groups attached to an aromatic ring is 1. The number of rotatable bonds is 0. The molecule has 1 heterocycles. The Morgan fingerprint density at radius 3 is 3.30 bits per heavy atom. The van der Waals surface area contributed by atoms with E-state index in [9.17, 15) is 0 Å². The monoisotopic (exact) mass is 152 g/mol. The van der Waals surface area contributed by atoms with Crippen LogP contribution < -0.4 is 11.1 Å². The fraction of sp³-hybridized carbons (Fsp3) is 0.143. The smallest absolute Gasteiger partial charge is 0.0658 e. The van der Waals surface area contributed by atoms with Crippen LogP contribution in [0.5, 0.6) is 0 Å². The summed E-state index contributed by atoms with van der Waals surface area (Å²) in [5, 5.41) is 3.23. The maximum atomic E-state index is 5.59. The van der Waals surface area contributed by atoms with Crippen molar-refractivity contribution in [1.82, 2.24) is 0 Å². The lowest BCUT2D eigenvalue weighted by molar-refractivity contribution is 1.43. The second kappa shape index (κ2) is 2.09. The van der Waals surface area contributed by atoms with Gasteiger partial charge in [-0.25, -0.2) is 0 Å². The summed E-state index contributed by atoms with van der Waals surface area (Å²) >= 11 is 1.79. The molecule has 3 heteroatoms. The maximum absolute atomic E-state index is 5.59. The van der Waals surface area contributed by atoms with Crippen molar-refractivity contribution in [3.63, 3.8) is 0 Å². The number of fused-ring (bicyclic) bond motifs is 1. The normalized spacial score (nSPS) is 14.4. The number of hydrogen-bond acceptors (Lipinski definition) is 3. The van der Waals surface area contributed by atoms with E-state index in [1.165, 1.54) is 10.6 Å². The van der Waals surface area contributed by atoms with Gasteiger partial charge in [-0.05, 0) is 18.2 Å². The molecule has 0 spiro atoms. The highest BCUT2D eigenvalue weighted by Gasteiger charge is 2.08. The Morgan fingerprint density at radius 1 is 1.50 bits per heavy atom. The number of benzene rings is 1. The first-order chi connectivity index (χ1) is 4.86. The first-order valence-electron chi connectivity index (χ1n) is 3.12.